The highest BCUT2D eigenvalue weighted by atomic mass is 35.5. The molecule has 1 aliphatic heterocycles. The van der Waals surface area contributed by atoms with Crippen LogP contribution in [0, 0.1) is 11.3 Å². The zero-order valence-corrected chi connectivity index (χ0v) is 15.8. The van der Waals surface area contributed by atoms with E-state index in [4.69, 9.17) is 33.2 Å². The van der Waals surface area contributed by atoms with E-state index in [1.165, 1.54) is 0 Å². The van der Waals surface area contributed by atoms with Crippen LogP contribution < -0.4 is 10.9 Å². The number of nitriles is 1. The fraction of sp³-hybridized carbons (Fsp3) is 0.333. The summed E-state index contributed by atoms with van der Waals surface area (Å²) in [6.07, 6.45) is 2.22. The van der Waals surface area contributed by atoms with Crippen molar-refractivity contribution in [2.45, 2.75) is 18.9 Å². The van der Waals surface area contributed by atoms with Gasteiger partial charge in [0.15, 0.2) is 0 Å². The molecule has 1 atom stereocenters. The Labute approximate surface area is 166 Å². The first-order valence-electron chi connectivity index (χ1n) is 8.35. The van der Waals surface area contributed by atoms with Gasteiger partial charge in [0.05, 0.1) is 21.8 Å². The summed E-state index contributed by atoms with van der Waals surface area (Å²) in [7, 11) is 0. The number of fused-ring (bicyclic) bond motifs is 1. The number of ether oxygens (including phenoxy) is 1. The molecule has 0 bridgehead atoms. The molecule has 0 saturated heterocycles. The minimum Gasteiger partial charge on any atom is -0.367 e. The van der Waals surface area contributed by atoms with Crippen LogP contribution in [0.5, 0.6) is 0 Å². The molecular formula is C18H17Cl2N5O2. The molecule has 2 aromatic rings. The zero-order valence-electron chi connectivity index (χ0n) is 14.3. The fourth-order valence-corrected chi connectivity index (χ4v) is 3.17. The third-order valence-corrected chi connectivity index (χ3v) is 4.89. The molecule has 140 valence electrons. The van der Waals surface area contributed by atoms with Crippen molar-refractivity contribution >= 4 is 35.4 Å². The number of hydrogen-bond acceptors (Lipinski definition) is 6. The predicted octanol–water partition coefficient (Wildman–Crippen LogP) is 3.14. The van der Waals surface area contributed by atoms with Crippen LogP contribution in [0.15, 0.2) is 28.0 Å². The van der Waals surface area contributed by atoms with Gasteiger partial charge in [-0.3, -0.25) is 14.8 Å². The quantitative estimate of drug-likeness (QED) is 0.688. The highest BCUT2D eigenvalue weighted by Gasteiger charge is 2.23. The smallest absolute Gasteiger partial charge is 0.256 e. The second-order valence-corrected chi connectivity index (χ2v) is 6.82. The average Bonchev–Trinajstić information content (AvgIpc) is 2.66. The molecule has 9 heteroatoms. The van der Waals surface area contributed by atoms with Gasteiger partial charge in [-0.15, -0.1) is 0 Å². The van der Waals surface area contributed by atoms with Crippen molar-refractivity contribution in [1.29, 1.82) is 5.26 Å². The Morgan fingerprint density at radius 2 is 2.22 bits per heavy atom. The summed E-state index contributed by atoms with van der Waals surface area (Å²) in [5.41, 5.74) is 1.86. The maximum atomic E-state index is 12.6. The summed E-state index contributed by atoms with van der Waals surface area (Å²) < 4.78 is 5.19. The standard InChI is InChI=1S/C18H17Cl2N5O2/c19-13-2-1-11(7-14(13)20)8-23-18-24-15-10-22-9-12(3-5-27-6-4-21)16(15)17(26)25-18/h1-2,7,10,12H,3,5-6,8-9H2,(H2,23,24,25,26). The molecule has 2 N–H and O–H groups in total. The van der Waals surface area contributed by atoms with Gasteiger partial charge < -0.3 is 10.1 Å². The van der Waals surface area contributed by atoms with Crippen LogP contribution in [-0.4, -0.2) is 35.9 Å². The highest BCUT2D eigenvalue weighted by molar-refractivity contribution is 6.42. The van der Waals surface area contributed by atoms with Gasteiger partial charge in [-0.1, -0.05) is 29.3 Å². The minimum atomic E-state index is -0.201. The van der Waals surface area contributed by atoms with Crippen LogP contribution >= 0.6 is 23.2 Å². The number of rotatable bonds is 7. The lowest BCUT2D eigenvalue weighted by molar-refractivity contribution is 0.157. The number of benzene rings is 1. The van der Waals surface area contributed by atoms with E-state index >= 15 is 0 Å². The zero-order chi connectivity index (χ0) is 19.2. The number of aromatic amines is 1. The molecule has 0 amide bonds. The van der Waals surface area contributed by atoms with Crippen molar-refractivity contribution in [2.24, 2.45) is 4.99 Å². The van der Waals surface area contributed by atoms with E-state index in [1.54, 1.807) is 18.3 Å². The van der Waals surface area contributed by atoms with E-state index in [2.05, 4.69) is 20.3 Å². The maximum Gasteiger partial charge on any atom is 0.256 e. The Bertz CT molecular complexity index is 952. The lowest BCUT2D eigenvalue weighted by atomic mass is 9.94. The molecular weight excluding hydrogens is 389 g/mol. The largest absolute Gasteiger partial charge is 0.367 e. The Morgan fingerprint density at radius 3 is 3.00 bits per heavy atom. The summed E-state index contributed by atoms with van der Waals surface area (Å²) in [4.78, 5) is 24.1. The third kappa shape index (κ3) is 4.86. The van der Waals surface area contributed by atoms with Crippen molar-refractivity contribution in [3.8, 4) is 6.07 Å². The predicted molar refractivity (Wildman–Crippen MR) is 105 cm³/mol. The van der Waals surface area contributed by atoms with Crippen molar-refractivity contribution < 1.29 is 4.74 Å². The van der Waals surface area contributed by atoms with Crippen LogP contribution in [-0.2, 0) is 11.3 Å². The minimum absolute atomic E-state index is 0.0367. The molecule has 0 fully saturated rings. The van der Waals surface area contributed by atoms with Crippen LogP contribution in [0.4, 0.5) is 5.95 Å². The summed E-state index contributed by atoms with van der Waals surface area (Å²) >= 11 is 11.9. The second-order valence-electron chi connectivity index (χ2n) is 6.01. The van der Waals surface area contributed by atoms with E-state index in [-0.39, 0.29) is 18.1 Å². The van der Waals surface area contributed by atoms with E-state index < -0.39 is 0 Å². The van der Waals surface area contributed by atoms with Crippen molar-refractivity contribution in [2.75, 3.05) is 25.1 Å². The Morgan fingerprint density at radius 1 is 1.37 bits per heavy atom. The van der Waals surface area contributed by atoms with Crippen molar-refractivity contribution in [3.63, 3.8) is 0 Å². The molecule has 7 nitrogen and oxygen atoms in total. The topological polar surface area (TPSA) is 103 Å². The Kier molecular flexibility index (Phi) is 6.45. The van der Waals surface area contributed by atoms with E-state index in [0.717, 1.165) is 5.56 Å². The van der Waals surface area contributed by atoms with E-state index in [9.17, 15) is 4.79 Å². The van der Waals surface area contributed by atoms with Gasteiger partial charge in [0.25, 0.3) is 5.56 Å². The monoisotopic (exact) mass is 405 g/mol. The van der Waals surface area contributed by atoms with Gasteiger partial charge in [-0.25, -0.2) is 4.98 Å². The number of aromatic nitrogens is 2. The fourth-order valence-electron chi connectivity index (χ4n) is 2.85. The second kappa shape index (κ2) is 9.00. The van der Waals surface area contributed by atoms with Crippen molar-refractivity contribution in [3.05, 3.63) is 55.4 Å². The van der Waals surface area contributed by atoms with Gasteiger partial charge >= 0.3 is 0 Å². The van der Waals surface area contributed by atoms with Crippen LogP contribution in [0.3, 0.4) is 0 Å². The Balaban J connectivity index is 1.72. The lowest BCUT2D eigenvalue weighted by Crippen LogP contribution is -2.27. The van der Waals surface area contributed by atoms with Crippen molar-refractivity contribution in [1.82, 2.24) is 9.97 Å². The number of H-pyrrole nitrogens is 1. The van der Waals surface area contributed by atoms with Gasteiger partial charge in [-0.05, 0) is 24.1 Å². The molecule has 0 saturated carbocycles. The van der Waals surface area contributed by atoms with Gasteiger partial charge in [0.1, 0.15) is 6.61 Å². The third-order valence-electron chi connectivity index (χ3n) is 4.15. The summed E-state index contributed by atoms with van der Waals surface area (Å²) in [5.74, 6) is 0.279. The molecule has 1 aromatic carbocycles. The number of anilines is 1. The number of aliphatic imine (C=N–C) groups is 1. The highest BCUT2D eigenvalue weighted by Crippen LogP contribution is 2.24. The maximum absolute atomic E-state index is 12.6. The average molecular weight is 406 g/mol. The van der Waals surface area contributed by atoms with Gasteiger partial charge in [0.2, 0.25) is 5.95 Å². The molecule has 0 radical (unpaired) electrons. The molecule has 1 aromatic heterocycles. The first-order valence-corrected chi connectivity index (χ1v) is 9.10. The molecule has 2 heterocycles. The lowest BCUT2D eigenvalue weighted by Gasteiger charge is -2.20. The van der Waals surface area contributed by atoms with E-state index in [1.807, 2.05) is 12.1 Å². The van der Waals surface area contributed by atoms with Crippen LogP contribution in [0.1, 0.15) is 29.2 Å². The molecule has 0 spiro atoms. The molecule has 27 heavy (non-hydrogen) atoms. The molecule has 1 aliphatic rings. The summed E-state index contributed by atoms with van der Waals surface area (Å²) in [5, 5.41) is 12.6. The molecule has 1 unspecified atom stereocenters. The van der Waals surface area contributed by atoms with Crippen LogP contribution in [0.2, 0.25) is 10.0 Å². The number of halogens is 2. The number of nitrogens with one attached hydrogen (secondary N) is 2. The number of nitrogens with zero attached hydrogens (tertiary/aromatic N) is 3. The van der Waals surface area contributed by atoms with Gasteiger partial charge in [-0.2, -0.15) is 5.26 Å². The molecule has 3 rings (SSSR count). The SMILES string of the molecule is N#CCOCCC1CN=Cc2nc(NCc3ccc(Cl)c(Cl)c3)[nH]c(=O)c21. The summed E-state index contributed by atoms with van der Waals surface area (Å²) in [6.45, 7) is 1.36. The number of hydrogen-bond donors (Lipinski definition) is 2. The van der Waals surface area contributed by atoms with E-state index in [0.29, 0.717) is 53.4 Å². The summed E-state index contributed by atoms with van der Waals surface area (Å²) in [6, 6.07) is 7.24. The van der Waals surface area contributed by atoms with Crippen LogP contribution in [0.25, 0.3) is 0 Å². The first kappa shape index (κ1) is 19.4. The normalized spacial score (nSPS) is 15.2. The van der Waals surface area contributed by atoms with Gasteiger partial charge in [0, 0.05) is 37.4 Å². The first-order chi connectivity index (χ1) is 13.1. The Hall–Kier alpha value is -2.40. The molecule has 0 aliphatic carbocycles.